The van der Waals surface area contributed by atoms with Gasteiger partial charge in [0.15, 0.2) is 5.13 Å². The van der Waals surface area contributed by atoms with Crippen LogP contribution in [0.1, 0.15) is 12.0 Å². The van der Waals surface area contributed by atoms with Crippen molar-refractivity contribution < 1.29 is 14.3 Å². The molecule has 1 N–H and O–H groups in total. The van der Waals surface area contributed by atoms with Gasteiger partial charge in [-0.25, -0.2) is 4.98 Å². The van der Waals surface area contributed by atoms with Crippen LogP contribution in [0.25, 0.3) is 11.3 Å². The Hall–Kier alpha value is -3.19. The minimum atomic E-state index is -0.362. The highest BCUT2D eigenvalue weighted by Gasteiger charge is 2.34. The standard InChI is InChI=1S/C22H21N3O3S/c1-28-18-9-7-16(8-10-18)19-14-29-22(23-19)24-21(27)17-11-20(26)25(13-17)12-15-5-3-2-4-6-15/h2-10,14,17H,11-13H2,1H3,(H,23,24,27)/t17-/m0/s1. The first kappa shape index (κ1) is 19.1. The number of amides is 2. The van der Waals surface area contributed by atoms with E-state index in [0.717, 1.165) is 22.6 Å². The van der Waals surface area contributed by atoms with Crippen LogP contribution in [0.2, 0.25) is 0 Å². The van der Waals surface area contributed by atoms with Crippen LogP contribution in [0.4, 0.5) is 5.13 Å². The Labute approximate surface area is 173 Å². The Balaban J connectivity index is 1.37. The maximum atomic E-state index is 12.6. The summed E-state index contributed by atoms with van der Waals surface area (Å²) < 4.78 is 5.17. The summed E-state index contributed by atoms with van der Waals surface area (Å²) >= 11 is 1.37. The van der Waals surface area contributed by atoms with Gasteiger partial charge in [0.1, 0.15) is 5.75 Å². The maximum absolute atomic E-state index is 12.6. The van der Waals surface area contributed by atoms with Crippen molar-refractivity contribution in [2.24, 2.45) is 5.92 Å². The van der Waals surface area contributed by atoms with Gasteiger partial charge in [-0.2, -0.15) is 0 Å². The first-order chi connectivity index (χ1) is 14.1. The lowest BCUT2D eigenvalue weighted by atomic mass is 10.1. The van der Waals surface area contributed by atoms with Crippen LogP contribution in [0.3, 0.4) is 0 Å². The second-order valence-electron chi connectivity index (χ2n) is 6.92. The summed E-state index contributed by atoms with van der Waals surface area (Å²) in [6.45, 7) is 0.957. The Kier molecular flexibility index (Phi) is 5.57. The zero-order valence-electron chi connectivity index (χ0n) is 16.0. The van der Waals surface area contributed by atoms with E-state index < -0.39 is 0 Å². The van der Waals surface area contributed by atoms with Crippen molar-refractivity contribution >= 4 is 28.3 Å². The maximum Gasteiger partial charge on any atom is 0.231 e. The van der Waals surface area contributed by atoms with E-state index in [0.29, 0.717) is 18.2 Å². The predicted octanol–water partition coefficient (Wildman–Crippen LogP) is 3.81. The summed E-state index contributed by atoms with van der Waals surface area (Å²) in [6, 6.07) is 17.4. The highest BCUT2D eigenvalue weighted by molar-refractivity contribution is 7.14. The van der Waals surface area contributed by atoms with Crippen LogP contribution in [0.15, 0.2) is 60.0 Å². The van der Waals surface area contributed by atoms with Gasteiger partial charge in [0.25, 0.3) is 0 Å². The predicted molar refractivity (Wildman–Crippen MR) is 113 cm³/mol. The second-order valence-corrected chi connectivity index (χ2v) is 7.77. The smallest absolute Gasteiger partial charge is 0.231 e. The van der Waals surface area contributed by atoms with Gasteiger partial charge in [0, 0.05) is 30.5 Å². The third-order valence-corrected chi connectivity index (χ3v) is 5.68. The van der Waals surface area contributed by atoms with E-state index in [9.17, 15) is 9.59 Å². The van der Waals surface area contributed by atoms with Crippen LogP contribution in [-0.4, -0.2) is 35.4 Å². The van der Waals surface area contributed by atoms with Gasteiger partial charge in [-0.1, -0.05) is 30.3 Å². The molecule has 29 heavy (non-hydrogen) atoms. The minimum absolute atomic E-state index is 0.00654. The fourth-order valence-electron chi connectivity index (χ4n) is 3.34. The molecule has 0 spiro atoms. The summed E-state index contributed by atoms with van der Waals surface area (Å²) in [6.07, 6.45) is 0.232. The third kappa shape index (κ3) is 4.46. The van der Waals surface area contributed by atoms with Gasteiger partial charge in [0.2, 0.25) is 11.8 Å². The Morgan fingerprint density at radius 2 is 1.97 bits per heavy atom. The average Bonchev–Trinajstić information content (AvgIpc) is 3.36. The number of anilines is 1. The summed E-state index contributed by atoms with van der Waals surface area (Å²) in [5.41, 5.74) is 2.81. The third-order valence-electron chi connectivity index (χ3n) is 4.92. The van der Waals surface area contributed by atoms with Crippen molar-refractivity contribution in [2.75, 3.05) is 19.0 Å². The molecule has 1 fully saturated rings. The number of thiazole rings is 1. The molecule has 4 rings (SSSR count). The van der Waals surface area contributed by atoms with Crippen LogP contribution < -0.4 is 10.1 Å². The number of hydrogen-bond acceptors (Lipinski definition) is 5. The number of carbonyl (C=O) groups is 2. The van der Waals surface area contributed by atoms with Crippen molar-refractivity contribution in [3.05, 3.63) is 65.5 Å². The molecule has 1 aliphatic rings. The van der Waals surface area contributed by atoms with Gasteiger partial charge in [0.05, 0.1) is 18.7 Å². The number of ether oxygens (including phenoxy) is 1. The molecular formula is C22H21N3O3S. The molecule has 2 amide bonds. The van der Waals surface area contributed by atoms with Gasteiger partial charge in [-0.15, -0.1) is 11.3 Å². The van der Waals surface area contributed by atoms with Crippen LogP contribution in [-0.2, 0) is 16.1 Å². The molecule has 0 saturated carbocycles. The van der Waals surface area contributed by atoms with E-state index in [1.165, 1.54) is 11.3 Å². The Bertz CT molecular complexity index is 1000. The van der Waals surface area contributed by atoms with Gasteiger partial charge in [-0.3, -0.25) is 9.59 Å². The van der Waals surface area contributed by atoms with Crippen molar-refractivity contribution in [3.63, 3.8) is 0 Å². The topological polar surface area (TPSA) is 71.5 Å². The molecule has 1 aliphatic heterocycles. The van der Waals surface area contributed by atoms with Crippen molar-refractivity contribution in [1.29, 1.82) is 0 Å². The molecule has 7 heteroatoms. The molecule has 1 aromatic heterocycles. The molecule has 0 unspecified atom stereocenters. The highest BCUT2D eigenvalue weighted by atomic mass is 32.1. The number of nitrogens with one attached hydrogen (secondary N) is 1. The first-order valence-electron chi connectivity index (χ1n) is 9.35. The van der Waals surface area contributed by atoms with E-state index in [-0.39, 0.29) is 24.2 Å². The summed E-state index contributed by atoms with van der Waals surface area (Å²) in [7, 11) is 1.63. The number of benzene rings is 2. The normalized spacial score (nSPS) is 16.1. The number of aromatic nitrogens is 1. The molecule has 3 aromatic rings. The molecule has 6 nitrogen and oxygen atoms in total. The van der Waals surface area contributed by atoms with E-state index >= 15 is 0 Å². The van der Waals surface area contributed by atoms with Crippen molar-refractivity contribution in [2.45, 2.75) is 13.0 Å². The van der Waals surface area contributed by atoms with Gasteiger partial charge < -0.3 is 15.0 Å². The molecule has 2 heterocycles. The molecular weight excluding hydrogens is 386 g/mol. The molecule has 148 valence electrons. The number of methoxy groups -OCH3 is 1. The molecule has 2 aromatic carbocycles. The number of carbonyl (C=O) groups excluding carboxylic acids is 2. The minimum Gasteiger partial charge on any atom is -0.497 e. The van der Waals surface area contributed by atoms with Gasteiger partial charge in [-0.05, 0) is 29.8 Å². The number of rotatable bonds is 6. The molecule has 0 radical (unpaired) electrons. The number of likely N-dealkylation sites (tertiary alicyclic amines) is 1. The van der Waals surface area contributed by atoms with Crippen LogP contribution in [0.5, 0.6) is 5.75 Å². The van der Waals surface area contributed by atoms with Crippen LogP contribution >= 0.6 is 11.3 Å². The van der Waals surface area contributed by atoms with E-state index in [1.54, 1.807) is 12.0 Å². The molecule has 1 saturated heterocycles. The Morgan fingerprint density at radius 3 is 2.69 bits per heavy atom. The van der Waals surface area contributed by atoms with Gasteiger partial charge >= 0.3 is 0 Å². The largest absolute Gasteiger partial charge is 0.497 e. The SMILES string of the molecule is COc1ccc(-c2csc(NC(=O)[C@H]3CC(=O)N(Cc4ccccc4)C3)n2)cc1. The lowest BCUT2D eigenvalue weighted by Crippen LogP contribution is -2.28. The van der Waals surface area contributed by atoms with Crippen LogP contribution in [0, 0.1) is 5.92 Å². The van der Waals surface area contributed by atoms with E-state index in [1.807, 2.05) is 60.0 Å². The molecule has 0 bridgehead atoms. The lowest BCUT2D eigenvalue weighted by Gasteiger charge is -2.16. The van der Waals surface area contributed by atoms with E-state index in [2.05, 4.69) is 10.3 Å². The summed E-state index contributed by atoms with van der Waals surface area (Å²) in [4.78, 5) is 31.2. The molecule has 1 atom stereocenters. The second kappa shape index (κ2) is 8.45. The fraction of sp³-hybridized carbons (Fsp3) is 0.227. The quantitative estimate of drug-likeness (QED) is 0.675. The molecule has 0 aliphatic carbocycles. The number of nitrogens with zero attached hydrogens (tertiary/aromatic N) is 2. The highest BCUT2D eigenvalue weighted by Crippen LogP contribution is 2.28. The van der Waals surface area contributed by atoms with Crippen molar-refractivity contribution in [1.82, 2.24) is 9.88 Å². The summed E-state index contributed by atoms with van der Waals surface area (Å²) in [5, 5.41) is 5.30. The zero-order valence-corrected chi connectivity index (χ0v) is 16.8. The summed E-state index contributed by atoms with van der Waals surface area (Å²) in [5.74, 6) is 0.264. The monoisotopic (exact) mass is 407 g/mol. The van der Waals surface area contributed by atoms with E-state index in [4.69, 9.17) is 4.74 Å². The first-order valence-corrected chi connectivity index (χ1v) is 10.2. The fourth-order valence-corrected chi connectivity index (χ4v) is 4.06. The lowest BCUT2D eigenvalue weighted by molar-refractivity contribution is -0.128. The Morgan fingerprint density at radius 1 is 1.21 bits per heavy atom. The average molecular weight is 407 g/mol. The zero-order chi connectivity index (χ0) is 20.2. The number of hydrogen-bond donors (Lipinski definition) is 1. The van der Waals surface area contributed by atoms with Crippen molar-refractivity contribution in [3.8, 4) is 17.0 Å².